The molecule has 6 heteroatoms. The molecule has 2 aromatic carbocycles. The van der Waals surface area contributed by atoms with Crippen LogP contribution in [-0.4, -0.2) is 54.4 Å². The molecule has 0 aromatic heterocycles. The molecule has 27 heavy (non-hydrogen) atoms. The average molecular weight is 403 g/mol. The highest BCUT2D eigenvalue weighted by Gasteiger charge is 2.32. The number of benzene rings is 2. The largest absolute Gasteiger partial charge is 0.371 e. The topological polar surface area (TPSA) is 30.9 Å². The third-order valence-electron chi connectivity index (χ3n) is 5.27. The molecule has 142 valence electrons. The second-order valence-electron chi connectivity index (χ2n) is 7.10. The van der Waals surface area contributed by atoms with Gasteiger partial charge in [-0.3, -0.25) is 14.8 Å². The Morgan fingerprint density at radius 3 is 2.22 bits per heavy atom. The van der Waals surface area contributed by atoms with Crippen molar-refractivity contribution in [2.45, 2.75) is 19.1 Å². The smallest absolute Gasteiger partial charge is 0.115 e. The molecule has 2 heterocycles. The summed E-state index contributed by atoms with van der Waals surface area (Å²) in [6, 6.07) is 16.5. The lowest BCUT2D eigenvalue weighted by atomic mass is 10.1. The average Bonchev–Trinajstić information content (AvgIpc) is 3.21. The predicted octanol–water partition coefficient (Wildman–Crippen LogP) is 3.68. The maximum Gasteiger partial charge on any atom is 0.115 e. The summed E-state index contributed by atoms with van der Waals surface area (Å²) in [6.45, 7) is 6.39. The van der Waals surface area contributed by atoms with Crippen LogP contribution in [0.25, 0.3) is 0 Å². The summed E-state index contributed by atoms with van der Waals surface area (Å²) in [7, 11) is 0. The maximum atomic E-state index is 6.41. The van der Waals surface area contributed by atoms with Gasteiger partial charge in [0.2, 0.25) is 0 Å². The fraction of sp³-hybridized carbons (Fsp3) is 0.381. The molecule has 0 spiro atoms. The molecular formula is C21H24Cl2N4. The summed E-state index contributed by atoms with van der Waals surface area (Å²) in [6.07, 6.45) is 0. The third kappa shape index (κ3) is 4.46. The van der Waals surface area contributed by atoms with E-state index < -0.39 is 0 Å². The van der Waals surface area contributed by atoms with Gasteiger partial charge < -0.3 is 5.32 Å². The highest BCUT2D eigenvalue weighted by molar-refractivity contribution is 6.31. The zero-order valence-electron chi connectivity index (χ0n) is 15.2. The Bertz CT molecular complexity index is 823. The van der Waals surface area contributed by atoms with Crippen molar-refractivity contribution in [1.29, 1.82) is 0 Å². The number of hydrogen-bond acceptors (Lipinski definition) is 4. The molecule has 4 rings (SSSR count). The van der Waals surface area contributed by atoms with E-state index >= 15 is 0 Å². The first-order chi connectivity index (χ1) is 13.2. The molecule has 1 saturated heterocycles. The lowest BCUT2D eigenvalue weighted by molar-refractivity contribution is 0.0943. The minimum atomic E-state index is 0.250. The quantitative estimate of drug-likeness (QED) is 0.827. The zero-order chi connectivity index (χ0) is 18.6. The van der Waals surface area contributed by atoms with E-state index in [4.69, 9.17) is 28.2 Å². The number of halogens is 2. The maximum absolute atomic E-state index is 6.41. The second kappa shape index (κ2) is 8.61. The van der Waals surface area contributed by atoms with Crippen molar-refractivity contribution in [3.8, 4) is 0 Å². The molecule has 0 radical (unpaired) electrons. The Labute approximate surface area is 170 Å². The number of aliphatic imine (C=N–C) groups is 1. The van der Waals surface area contributed by atoms with E-state index in [-0.39, 0.29) is 6.04 Å². The van der Waals surface area contributed by atoms with Crippen LogP contribution in [0.2, 0.25) is 10.0 Å². The van der Waals surface area contributed by atoms with Crippen molar-refractivity contribution in [3.63, 3.8) is 0 Å². The molecule has 4 nitrogen and oxygen atoms in total. The lowest BCUT2D eigenvalue weighted by Crippen LogP contribution is -2.57. The zero-order valence-corrected chi connectivity index (χ0v) is 16.8. The summed E-state index contributed by atoms with van der Waals surface area (Å²) in [5.74, 6) is 1.10. The van der Waals surface area contributed by atoms with Gasteiger partial charge in [-0.2, -0.15) is 0 Å². The molecule has 1 N–H and O–H groups in total. The van der Waals surface area contributed by atoms with Crippen molar-refractivity contribution in [3.05, 3.63) is 69.7 Å². The van der Waals surface area contributed by atoms with Crippen molar-refractivity contribution in [2.24, 2.45) is 4.99 Å². The van der Waals surface area contributed by atoms with Gasteiger partial charge in [-0.15, -0.1) is 0 Å². The molecule has 2 aliphatic heterocycles. The number of nitrogens with zero attached hydrogens (tertiary/aromatic N) is 3. The third-order valence-corrected chi connectivity index (χ3v) is 6.01. The van der Waals surface area contributed by atoms with Crippen LogP contribution in [0.1, 0.15) is 11.1 Å². The summed E-state index contributed by atoms with van der Waals surface area (Å²) >= 11 is 12.8. The first kappa shape index (κ1) is 18.8. The first-order valence-corrected chi connectivity index (χ1v) is 10.2. The van der Waals surface area contributed by atoms with Gasteiger partial charge in [-0.1, -0.05) is 59.6 Å². The van der Waals surface area contributed by atoms with Gasteiger partial charge in [0.15, 0.2) is 0 Å². The number of hydrogen-bond donors (Lipinski definition) is 1. The number of amidine groups is 1. The molecule has 1 atom stereocenters. The summed E-state index contributed by atoms with van der Waals surface area (Å²) < 4.78 is 0. The van der Waals surface area contributed by atoms with Crippen molar-refractivity contribution in [2.75, 3.05) is 32.7 Å². The highest BCUT2D eigenvalue weighted by Crippen LogP contribution is 2.23. The van der Waals surface area contributed by atoms with E-state index in [9.17, 15) is 0 Å². The van der Waals surface area contributed by atoms with Gasteiger partial charge in [-0.05, 0) is 23.3 Å². The van der Waals surface area contributed by atoms with E-state index in [1.807, 2.05) is 24.3 Å². The molecule has 0 bridgehead atoms. The fourth-order valence-electron chi connectivity index (χ4n) is 3.82. The Morgan fingerprint density at radius 1 is 0.926 bits per heavy atom. The molecule has 0 amide bonds. The Hall–Kier alpha value is -1.59. The van der Waals surface area contributed by atoms with Crippen LogP contribution < -0.4 is 5.32 Å². The molecule has 1 fully saturated rings. The van der Waals surface area contributed by atoms with Gasteiger partial charge in [0.05, 0.1) is 12.6 Å². The van der Waals surface area contributed by atoms with Crippen LogP contribution in [0.4, 0.5) is 0 Å². The van der Waals surface area contributed by atoms with Crippen LogP contribution in [-0.2, 0) is 13.1 Å². The second-order valence-corrected chi connectivity index (χ2v) is 7.91. The lowest BCUT2D eigenvalue weighted by Gasteiger charge is -2.41. The monoisotopic (exact) mass is 402 g/mol. The van der Waals surface area contributed by atoms with Gasteiger partial charge >= 0.3 is 0 Å². The molecule has 1 unspecified atom stereocenters. The number of piperazine rings is 1. The number of nitrogens with one attached hydrogen (secondary N) is 1. The predicted molar refractivity (Wildman–Crippen MR) is 113 cm³/mol. The Morgan fingerprint density at radius 2 is 1.59 bits per heavy atom. The first-order valence-electron chi connectivity index (χ1n) is 9.42. The molecule has 0 aliphatic carbocycles. The van der Waals surface area contributed by atoms with Gasteiger partial charge in [0.1, 0.15) is 5.84 Å². The van der Waals surface area contributed by atoms with E-state index in [0.717, 1.165) is 61.7 Å². The minimum Gasteiger partial charge on any atom is -0.371 e. The van der Waals surface area contributed by atoms with Crippen LogP contribution in [0.5, 0.6) is 0 Å². The van der Waals surface area contributed by atoms with Gasteiger partial charge in [0.25, 0.3) is 0 Å². The van der Waals surface area contributed by atoms with Gasteiger partial charge in [-0.25, -0.2) is 0 Å². The Kier molecular flexibility index (Phi) is 5.98. The molecular weight excluding hydrogens is 379 g/mol. The Balaban J connectivity index is 1.50. The molecule has 0 saturated carbocycles. The fourth-order valence-corrected chi connectivity index (χ4v) is 4.21. The van der Waals surface area contributed by atoms with Crippen LogP contribution in [0.3, 0.4) is 0 Å². The van der Waals surface area contributed by atoms with Crippen molar-refractivity contribution < 1.29 is 0 Å². The van der Waals surface area contributed by atoms with E-state index in [1.54, 1.807) is 0 Å². The molecule has 2 aromatic rings. The normalized spacial score (nSPS) is 21.1. The van der Waals surface area contributed by atoms with Crippen LogP contribution >= 0.6 is 23.2 Å². The molecule has 2 aliphatic rings. The van der Waals surface area contributed by atoms with Crippen LogP contribution in [0.15, 0.2) is 53.5 Å². The standard InChI is InChI=1S/C21H24Cl2N4/c22-18-7-3-1-5-16(18)13-26-11-12-27(14-17-6-2-4-8-19(17)23)20(15-26)21-24-9-10-25-21/h1-8,20H,9-15H2,(H,24,25). The number of rotatable bonds is 5. The van der Waals surface area contributed by atoms with E-state index in [1.165, 1.54) is 11.1 Å². The van der Waals surface area contributed by atoms with Gasteiger partial charge in [0, 0.05) is 49.3 Å². The van der Waals surface area contributed by atoms with Crippen molar-refractivity contribution >= 4 is 29.0 Å². The minimum absolute atomic E-state index is 0.250. The van der Waals surface area contributed by atoms with Crippen LogP contribution in [0, 0.1) is 0 Å². The summed E-state index contributed by atoms with van der Waals surface area (Å²) in [5, 5.41) is 5.14. The van der Waals surface area contributed by atoms with E-state index in [0.29, 0.717) is 0 Å². The summed E-state index contributed by atoms with van der Waals surface area (Å²) in [5.41, 5.74) is 2.35. The summed E-state index contributed by atoms with van der Waals surface area (Å²) in [4.78, 5) is 9.67. The highest BCUT2D eigenvalue weighted by atomic mass is 35.5. The van der Waals surface area contributed by atoms with Crippen molar-refractivity contribution in [1.82, 2.24) is 15.1 Å². The SMILES string of the molecule is Clc1ccccc1CN1CCN(Cc2ccccc2Cl)C(C2=NCCN2)C1. The van der Waals surface area contributed by atoms with E-state index in [2.05, 4.69) is 39.4 Å².